The van der Waals surface area contributed by atoms with E-state index in [-0.39, 0.29) is 44.7 Å². The van der Waals surface area contributed by atoms with Crippen molar-refractivity contribution in [2.45, 2.75) is 95.6 Å². The Morgan fingerprint density at radius 2 is 1.15 bits per heavy atom. The molecule has 0 aliphatic rings. The molecule has 0 aromatic heterocycles. The van der Waals surface area contributed by atoms with Gasteiger partial charge in [-0.05, 0) is 71.0 Å². The predicted octanol–water partition coefficient (Wildman–Crippen LogP) is -3.41. The van der Waals surface area contributed by atoms with Crippen molar-refractivity contribution in [2.75, 3.05) is 19.6 Å². The average molecular weight is 561 g/mol. The summed E-state index contributed by atoms with van der Waals surface area (Å²) in [6.07, 6.45) is 0.425. The van der Waals surface area contributed by atoms with Crippen LogP contribution in [-0.2, 0) is 24.0 Å². The average Bonchev–Trinajstić information content (AvgIpc) is 2.85. The maximum absolute atomic E-state index is 13.2. The van der Waals surface area contributed by atoms with Crippen molar-refractivity contribution in [1.82, 2.24) is 21.3 Å². The number of aliphatic carboxylic acids is 1. The van der Waals surface area contributed by atoms with E-state index in [1.807, 2.05) is 13.8 Å². The third-order valence-corrected chi connectivity index (χ3v) is 5.87. The van der Waals surface area contributed by atoms with Gasteiger partial charge in [0, 0.05) is 0 Å². The number of aliphatic hydroxyl groups is 1. The lowest BCUT2D eigenvalue weighted by Gasteiger charge is -2.27. The molecule has 39 heavy (non-hydrogen) atoms. The molecule has 6 atom stereocenters. The van der Waals surface area contributed by atoms with Crippen LogP contribution in [0.1, 0.15) is 59.3 Å². The van der Waals surface area contributed by atoms with Gasteiger partial charge in [-0.25, -0.2) is 4.79 Å². The number of amides is 4. The summed E-state index contributed by atoms with van der Waals surface area (Å²) in [4.78, 5) is 62.9. The molecule has 0 radical (unpaired) electrons. The summed E-state index contributed by atoms with van der Waals surface area (Å²) >= 11 is 0. The summed E-state index contributed by atoms with van der Waals surface area (Å²) in [6.45, 7) is 5.46. The molecule has 0 rings (SSSR count). The zero-order valence-corrected chi connectivity index (χ0v) is 23.2. The van der Waals surface area contributed by atoms with E-state index in [1.54, 1.807) is 0 Å². The standard InChI is InChI=1S/C24H48N8O7/c1-13(2)12-18(23(37)30-17(8-11-27)22(36)32-19(14(3)33)24(38)39)31-21(35)16(6-4-5-9-25)29-20(34)15(28)7-10-26/h13-19,33H,4-12,25-28H2,1-3H3,(H,29,34)(H,30,37)(H,31,35)(H,32,36)(H,38,39)/t14-,15+,16+,17+,18-,19+/m1/s1. The number of nitrogens with two attached hydrogens (primary N) is 4. The van der Waals surface area contributed by atoms with E-state index in [0.717, 1.165) is 0 Å². The molecule has 0 heterocycles. The highest BCUT2D eigenvalue weighted by atomic mass is 16.4. The van der Waals surface area contributed by atoms with Gasteiger partial charge in [-0.15, -0.1) is 0 Å². The van der Waals surface area contributed by atoms with Crippen LogP contribution in [0.25, 0.3) is 0 Å². The molecule has 15 heteroatoms. The summed E-state index contributed by atoms with van der Waals surface area (Å²) in [7, 11) is 0. The minimum absolute atomic E-state index is 0.00963. The molecule has 0 fully saturated rings. The van der Waals surface area contributed by atoms with Crippen LogP contribution in [-0.4, -0.2) is 95.8 Å². The van der Waals surface area contributed by atoms with E-state index in [4.69, 9.17) is 22.9 Å². The first-order valence-electron chi connectivity index (χ1n) is 13.3. The van der Waals surface area contributed by atoms with Crippen LogP contribution < -0.4 is 44.2 Å². The van der Waals surface area contributed by atoms with E-state index < -0.39 is 65.9 Å². The third-order valence-electron chi connectivity index (χ3n) is 5.87. The summed E-state index contributed by atoms with van der Waals surface area (Å²) in [5.41, 5.74) is 22.4. The zero-order chi connectivity index (χ0) is 30.1. The molecular weight excluding hydrogens is 512 g/mol. The van der Waals surface area contributed by atoms with Crippen LogP contribution in [0, 0.1) is 5.92 Å². The van der Waals surface area contributed by atoms with Gasteiger partial charge >= 0.3 is 5.97 Å². The smallest absolute Gasteiger partial charge is 0.328 e. The minimum Gasteiger partial charge on any atom is -0.480 e. The lowest BCUT2D eigenvalue weighted by Crippen LogP contribution is -2.59. The Kier molecular flexibility index (Phi) is 17.8. The van der Waals surface area contributed by atoms with Gasteiger partial charge in [0.15, 0.2) is 6.04 Å². The highest BCUT2D eigenvalue weighted by Gasteiger charge is 2.32. The molecule has 4 amide bonds. The lowest BCUT2D eigenvalue weighted by atomic mass is 10.0. The third kappa shape index (κ3) is 14.2. The van der Waals surface area contributed by atoms with Crippen molar-refractivity contribution < 1.29 is 34.2 Å². The summed E-state index contributed by atoms with van der Waals surface area (Å²) in [5.74, 6) is -4.20. The highest BCUT2D eigenvalue weighted by Crippen LogP contribution is 2.09. The van der Waals surface area contributed by atoms with Crippen molar-refractivity contribution in [3.8, 4) is 0 Å². The fourth-order valence-corrected chi connectivity index (χ4v) is 3.68. The lowest BCUT2D eigenvalue weighted by molar-refractivity contribution is -0.145. The number of carboxylic acids is 1. The zero-order valence-electron chi connectivity index (χ0n) is 23.2. The molecule has 0 spiro atoms. The van der Waals surface area contributed by atoms with Gasteiger partial charge in [-0.2, -0.15) is 0 Å². The van der Waals surface area contributed by atoms with Gasteiger partial charge in [0.25, 0.3) is 0 Å². The predicted molar refractivity (Wildman–Crippen MR) is 145 cm³/mol. The molecular formula is C24H48N8O7. The molecule has 0 aromatic rings. The van der Waals surface area contributed by atoms with Crippen LogP contribution in [0.5, 0.6) is 0 Å². The second-order valence-electron chi connectivity index (χ2n) is 9.92. The molecule has 0 saturated heterocycles. The first-order valence-corrected chi connectivity index (χ1v) is 13.3. The number of carbonyl (C=O) groups excluding carboxylic acids is 4. The first kappa shape index (κ1) is 36.1. The van der Waals surface area contributed by atoms with Gasteiger partial charge in [0.2, 0.25) is 23.6 Å². The van der Waals surface area contributed by atoms with Gasteiger partial charge in [0.05, 0.1) is 12.1 Å². The van der Waals surface area contributed by atoms with Crippen molar-refractivity contribution in [1.29, 1.82) is 0 Å². The van der Waals surface area contributed by atoms with Crippen LogP contribution in [0.2, 0.25) is 0 Å². The maximum Gasteiger partial charge on any atom is 0.328 e. The number of unbranched alkanes of at least 4 members (excludes halogenated alkanes) is 1. The number of carbonyl (C=O) groups is 5. The van der Waals surface area contributed by atoms with E-state index in [0.29, 0.717) is 19.4 Å². The monoisotopic (exact) mass is 560 g/mol. The topological polar surface area (TPSA) is 278 Å². The second kappa shape index (κ2) is 19.2. The number of aliphatic hydroxyl groups excluding tert-OH is 1. The Bertz CT molecular complexity index is 796. The van der Waals surface area contributed by atoms with E-state index in [9.17, 15) is 34.2 Å². The number of hydrogen-bond acceptors (Lipinski definition) is 10. The normalized spacial score (nSPS) is 15.8. The second-order valence-corrected chi connectivity index (χ2v) is 9.92. The van der Waals surface area contributed by atoms with Gasteiger partial charge < -0.3 is 54.4 Å². The van der Waals surface area contributed by atoms with E-state index in [2.05, 4.69) is 21.3 Å². The Labute approximate surface area is 229 Å². The van der Waals surface area contributed by atoms with Gasteiger partial charge in [-0.1, -0.05) is 13.8 Å². The Morgan fingerprint density at radius 1 is 0.667 bits per heavy atom. The molecule has 0 aliphatic carbocycles. The number of nitrogens with one attached hydrogen (secondary N) is 4. The Balaban J connectivity index is 5.72. The first-order chi connectivity index (χ1) is 18.3. The highest BCUT2D eigenvalue weighted by molar-refractivity contribution is 5.95. The van der Waals surface area contributed by atoms with Gasteiger partial charge in [-0.3, -0.25) is 19.2 Å². The van der Waals surface area contributed by atoms with Crippen LogP contribution in [0.15, 0.2) is 0 Å². The SMILES string of the molecule is CC(C)C[C@@H](NC(=O)[C@H](CCCCN)NC(=O)[C@@H](N)CCN)C(=O)N[C@@H](CCN)C(=O)N[C@H](C(=O)O)[C@@H](C)O. The summed E-state index contributed by atoms with van der Waals surface area (Å²) in [5, 5.41) is 28.9. The van der Waals surface area contributed by atoms with Gasteiger partial charge in [0.1, 0.15) is 18.1 Å². The number of hydrogen-bond donors (Lipinski definition) is 10. The fraction of sp³-hybridized carbons (Fsp3) is 0.792. The molecule has 226 valence electrons. The maximum atomic E-state index is 13.2. The molecule has 0 bridgehead atoms. The number of rotatable bonds is 20. The Morgan fingerprint density at radius 3 is 1.64 bits per heavy atom. The molecule has 0 aromatic carbocycles. The molecule has 0 unspecified atom stereocenters. The van der Waals surface area contributed by atoms with Crippen LogP contribution >= 0.6 is 0 Å². The molecule has 14 N–H and O–H groups in total. The summed E-state index contributed by atoms with van der Waals surface area (Å²) in [6, 6.07) is -5.78. The van der Waals surface area contributed by atoms with Crippen molar-refractivity contribution in [3.05, 3.63) is 0 Å². The van der Waals surface area contributed by atoms with Crippen molar-refractivity contribution in [3.63, 3.8) is 0 Å². The summed E-state index contributed by atoms with van der Waals surface area (Å²) < 4.78 is 0. The van der Waals surface area contributed by atoms with Crippen LogP contribution in [0.3, 0.4) is 0 Å². The van der Waals surface area contributed by atoms with Crippen molar-refractivity contribution in [2.24, 2.45) is 28.9 Å². The molecule has 0 saturated carbocycles. The Hall–Kier alpha value is -2.85. The minimum atomic E-state index is -1.59. The largest absolute Gasteiger partial charge is 0.480 e. The van der Waals surface area contributed by atoms with Crippen LogP contribution in [0.4, 0.5) is 0 Å². The molecule has 15 nitrogen and oxygen atoms in total. The quantitative estimate of drug-likeness (QED) is 0.0655. The fourth-order valence-electron chi connectivity index (χ4n) is 3.68. The molecule has 0 aliphatic heterocycles. The van der Waals surface area contributed by atoms with Crippen molar-refractivity contribution >= 4 is 29.6 Å². The van der Waals surface area contributed by atoms with E-state index >= 15 is 0 Å². The van der Waals surface area contributed by atoms with E-state index in [1.165, 1.54) is 6.92 Å². The number of carboxylic acid groups (broad SMARTS) is 1.